The van der Waals surface area contributed by atoms with Crippen LogP contribution in [0.4, 0.5) is 14.9 Å². The molecule has 24 heavy (non-hydrogen) atoms. The Morgan fingerprint density at radius 1 is 1.25 bits per heavy atom. The summed E-state index contributed by atoms with van der Waals surface area (Å²) < 4.78 is 18.5. The van der Waals surface area contributed by atoms with Gasteiger partial charge in [-0.25, -0.2) is 9.18 Å². The van der Waals surface area contributed by atoms with Gasteiger partial charge in [0.1, 0.15) is 11.6 Å². The molecule has 1 N–H and O–H groups in total. The summed E-state index contributed by atoms with van der Waals surface area (Å²) in [6.07, 6.45) is 4.96. The molecule has 1 aromatic carbocycles. The number of hydrogen-bond acceptors (Lipinski definition) is 3. The highest BCUT2D eigenvalue weighted by Gasteiger charge is 2.28. The topological polar surface area (TPSA) is 44.8 Å². The van der Waals surface area contributed by atoms with Crippen LogP contribution in [-0.2, 0) is 0 Å². The van der Waals surface area contributed by atoms with Gasteiger partial charge in [0.05, 0.1) is 7.11 Å². The molecular weight excluding hydrogens is 309 g/mol. The first kappa shape index (κ1) is 17.0. The molecule has 2 fully saturated rings. The van der Waals surface area contributed by atoms with E-state index in [-0.39, 0.29) is 6.03 Å². The highest BCUT2D eigenvalue weighted by Crippen LogP contribution is 2.23. The molecule has 0 unspecified atom stereocenters. The Kier molecular flexibility index (Phi) is 5.56. The number of urea groups is 1. The number of carbonyl (C=O) groups excluding carboxylic acids is 1. The molecule has 6 heteroatoms. The minimum absolute atomic E-state index is 0.163. The molecule has 0 radical (unpaired) electrons. The molecule has 0 spiro atoms. The molecule has 2 aliphatic heterocycles. The quantitative estimate of drug-likeness (QED) is 0.919. The molecule has 2 heterocycles. The van der Waals surface area contributed by atoms with Gasteiger partial charge in [0, 0.05) is 37.5 Å². The fourth-order valence-electron chi connectivity index (χ4n) is 3.63. The molecule has 2 aliphatic rings. The van der Waals surface area contributed by atoms with Crippen molar-refractivity contribution in [1.82, 2.24) is 9.80 Å². The third-order valence-electron chi connectivity index (χ3n) is 4.90. The van der Waals surface area contributed by atoms with E-state index in [1.54, 1.807) is 6.07 Å². The number of methoxy groups -OCH3 is 1. The number of rotatable bonds is 4. The van der Waals surface area contributed by atoms with E-state index in [0.29, 0.717) is 17.4 Å². The van der Waals surface area contributed by atoms with Crippen molar-refractivity contribution in [2.45, 2.75) is 25.7 Å². The molecule has 5 nitrogen and oxygen atoms in total. The minimum atomic E-state index is -0.422. The van der Waals surface area contributed by atoms with Crippen LogP contribution in [0.2, 0.25) is 0 Å². The maximum absolute atomic E-state index is 13.5. The van der Waals surface area contributed by atoms with Gasteiger partial charge >= 0.3 is 6.03 Å². The Morgan fingerprint density at radius 3 is 2.79 bits per heavy atom. The number of anilines is 1. The molecule has 0 bridgehead atoms. The van der Waals surface area contributed by atoms with Crippen molar-refractivity contribution in [1.29, 1.82) is 0 Å². The van der Waals surface area contributed by atoms with Crippen LogP contribution in [0.3, 0.4) is 0 Å². The average Bonchev–Trinajstić information content (AvgIpc) is 3.04. The normalized spacial score (nSPS) is 21.8. The van der Waals surface area contributed by atoms with Crippen LogP contribution in [0.1, 0.15) is 25.7 Å². The largest absolute Gasteiger partial charge is 0.497 e. The summed E-state index contributed by atoms with van der Waals surface area (Å²) in [6, 6.07) is 4.06. The third kappa shape index (κ3) is 4.38. The lowest BCUT2D eigenvalue weighted by Crippen LogP contribution is -2.37. The number of likely N-dealkylation sites (tertiary alicyclic amines) is 2. The van der Waals surface area contributed by atoms with E-state index in [4.69, 9.17) is 4.74 Å². The van der Waals surface area contributed by atoms with Gasteiger partial charge in [0.25, 0.3) is 0 Å². The molecule has 1 aromatic rings. The van der Waals surface area contributed by atoms with Crippen molar-refractivity contribution in [3.8, 4) is 5.75 Å². The lowest BCUT2D eigenvalue weighted by molar-refractivity contribution is 0.192. The first-order chi connectivity index (χ1) is 11.6. The fraction of sp³-hybridized carbons (Fsp3) is 0.611. The van der Waals surface area contributed by atoms with E-state index in [0.717, 1.165) is 26.1 Å². The van der Waals surface area contributed by atoms with Crippen LogP contribution in [0.25, 0.3) is 0 Å². The first-order valence-corrected chi connectivity index (χ1v) is 8.77. The number of benzene rings is 1. The summed E-state index contributed by atoms with van der Waals surface area (Å²) in [7, 11) is 1.48. The van der Waals surface area contributed by atoms with Crippen LogP contribution in [0, 0.1) is 11.7 Å². The number of halogens is 1. The zero-order valence-electron chi connectivity index (χ0n) is 14.3. The maximum atomic E-state index is 13.5. The molecule has 0 aliphatic carbocycles. The van der Waals surface area contributed by atoms with E-state index < -0.39 is 5.82 Å². The highest BCUT2D eigenvalue weighted by atomic mass is 19.1. The Labute approximate surface area is 142 Å². The van der Waals surface area contributed by atoms with Gasteiger partial charge in [0.15, 0.2) is 0 Å². The van der Waals surface area contributed by atoms with Gasteiger partial charge in [-0.2, -0.15) is 0 Å². The zero-order chi connectivity index (χ0) is 16.9. The fourth-order valence-corrected chi connectivity index (χ4v) is 3.63. The number of piperidine rings is 1. The Bertz CT molecular complexity index is 575. The predicted octanol–water partition coefficient (Wildman–Crippen LogP) is 3.17. The van der Waals surface area contributed by atoms with Gasteiger partial charge in [0.2, 0.25) is 0 Å². The van der Waals surface area contributed by atoms with Crippen molar-refractivity contribution in [2.24, 2.45) is 5.92 Å². The molecule has 132 valence electrons. The number of ether oxygens (including phenoxy) is 1. The van der Waals surface area contributed by atoms with Gasteiger partial charge < -0.3 is 19.9 Å². The number of hydrogen-bond donors (Lipinski definition) is 1. The van der Waals surface area contributed by atoms with Crippen molar-refractivity contribution in [3.63, 3.8) is 0 Å². The molecule has 1 atom stereocenters. The molecule has 0 saturated carbocycles. The second-order valence-electron chi connectivity index (χ2n) is 6.77. The van der Waals surface area contributed by atoms with Gasteiger partial charge in [-0.1, -0.05) is 6.42 Å². The van der Waals surface area contributed by atoms with Crippen molar-refractivity contribution in [3.05, 3.63) is 24.0 Å². The summed E-state index contributed by atoms with van der Waals surface area (Å²) in [4.78, 5) is 16.7. The molecule has 2 amide bonds. The number of nitrogens with zero attached hydrogens (tertiary/aromatic N) is 2. The van der Waals surface area contributed by atoms with Crippen LogP contribution >= 0.6 is 0 Å². The van der Waals surface area contributed by atoms with Crippen LogP contribution < -0.4 is 10.1 Å². The number of nitrogens with one attached hydrogen (secondary N) is 1. The monoisotopic (exact) mass is 335 g/mol. The lowest BCUT2D eigenvalue weighted by Gasteiger charge is -2.29. The van der Waals surface area contributed by atoms with Gasteiger partial charge in [-0.05, 0) is 44.3 Å². The van der Waals surface area contributed by atoms with Crippen molar-refractivity contribution in [2.75, 3.05) is 45.2 Å². The Hall–Kier alpha value is -1.82. The SMILES string of the molecule is COc1cc(F)cc(NC(=O)N2CC[C@@H](CN3CCCCC3)C2)c1. The highest BCUT2D eigenvalue weighted by molar-refractivity contribution is 5.89. The van der Waals surface area contributed by atoms with Crippen LogP contribution in [0.5, 0.6) is 5.75 Å². The van der Waals surface area contributed by atoms with E-state index in [9.17, 15) is 9.18 Å². The summed E-state index contributed by atoms with van der Waals surface area (Å²) in [5.74, 6) is 0.514. The summed E-state index contributed by atoms with van der Waals surface area (Å²) in [5.41, 5.74) is 0.427. The Balaban J connectivity index is 1.51. The second kappa shape index (κ2) is 7.83. The second-order valence-corrected chi connectivity index (χ2v) is 6.77. The lowest BCUT2D eigenvalue weighted by atomic mass is 10.1. The Morgan fingerprint density at radius 2 is 2.04 bits per heavy atom. The van der Waals surface area contributed by atoms with Crippen molar-refractivity contribution >= 4 is 11.7 Å². The molecule has 0 aromatic heterocycles. The molecule has 2 saturated heterocycles. The third-order valence-corrected chi connectivity index (χ3v) is 4.90. The number of amides is 2. The number of carbonyl (C=O) groups is 1. The van der Waals surface area contributed by atoms with E-state index >= 15 is 0 Å². The predicted molar refractivity (Wildman–Crippen MR) is 91.9 cm³/mol. The van der Waals surface area contributed by atoms with Crippen molar-refractivity contribution < 1.29 is 13.9 Å². The summed E-state index contributed by atoms with van der Waals surface area (Å²) >= 11 is 0. The van der Waals surface area contributed by atoms with E-state index in [2.05, 4.69) is 10.2 Å². The van der Waals surface area contributed by atoms with E-state index in [1.807, 2.05) is 4.90 Å². The van der Waals surface area contributed by atoms with Crippen LogP contribution in [-0.4, -0.2) is 55.7 Å². The zero-order valence-corrected chi connectivity index (χ0v) is 14.3. The van der Waals surface area contributed by atoms with E-state index in [1.165, 1.54) is 51.6 Å². The maximum Gasteiger partial charge on any atom is 0.321 e. The summed E-state index contributed by atoms with van der Waals surface area (Å²) in [5, 5.41) is 2.78. The van der Waals surface area contributed by atoms with Gasteiger partial charge in [-0.15, -0.1) is 0 Å². The van der Waals surface area contributed by atoms with Gasteiger partial charge in [-0.3, -0.25) is 0 Å². The molecule has 3 rings (SSSR count). The smallest absolute Gasteiger partial charge is 0.321 e. The first-order valence-electron chi connectivity index (χ1n) is 8.77. The molecular formula is C18H26FN3O2. The summed E-state index contributed by atoms with van der Waals surface area (Å²) in [6.45, 7) is 4.99. The standard InChI is InChI=1S/C18H26FN3O2/c1-24-17-10-15(19)9-16(11-17)20-18(23)22-8-5-14(13-22)12-21-6-3-2-4-7-21/h9-11,14H,2-8,12-13H2,1H3,(H,20,23)/t14-/m0/s1. The minimum Gasteiger partial charge on any atom is -0.497 e. The van der Waals surface area contributed by atoms with Crippen LogP contribution in [0.15, 0.2) is 18.2 Å². The average molecular weight is 335 g/mol.